The molecular formula is C10H17N3O4S2. The van der Waals surface area contributed by atoms with Crippen LogP contribution in [0.5, 0.6) is 0 Å². The molecule has 0 amide bonds. The first-order valence-electron chi connectivity index (χ1n) is 5.48. The second kappa shape index (κ2) is 5.45. The highest BCUT2D eigenvalue weighted by Crippen LogP contribution is 2.24. The SMILES string of the molecule is CCNS(=O)(=O)Nc1cc(S(N)(=O)=O)cc(C)c1C. The van der Waals surface area contributed by atoms with Gasteiger partial charge in [-0.1, -0.05) is 6.92 Å². The number of sulfonamides is 1. The molecule has 0 spiro atoms. The van der Waals surface area contributed by atoms with Gasteiger partial charge in [0.1, 0.15) is 0 Å². The predicted octanol–water partition coefficient (Wildman–Crippen LogP) is 0.217. The molecule has 0 aliphatic heterocycles. The molecule has 7 nitrogen and oxygen atoms in total. The maximum Gasteiger partial charge on any atom is 0.299 e. The van der Waals surface area contributed by atoms with Crippen molar-refractivity contribution in [2.45, 2.75) is 25.7 Å². The Balaban J connectivity index is 3.33. The number of nitrogens with one attached hydrogen (secondary N) is 2. The van der Waals surface area contributed by atoms with Gasteiger partial charge < -0.3 is 0 Å². The van der Waals surface area contributed by atoms with Gasteiger partial charge in [0.15, 0.2) is 0 Å². The molecule has 0 atom stereocenters. The minimum Gasteiger partial charge on any atom is -0.271 e. The van der Waals surface area contributed by atoms with Crippen molar-refractivity contribution < 1.29 is 16.8 Å². The summed E-state index contributed by atoms with van der Waals surface area (Å²) in [6, 6.07) is 2.60. The lowest BCUT2D eigenvalue weighted by molar-refractivity contribution is 0.588. The van der Waals surface area contributed by atoms with E-state index in [9.17, 15) is 16.8 Å². The third-order valence-electron chi connectivity index (χ3n) is 2.55. The quantitative estimate of drug-likeness (QED) is 0.721. The van der Waals surface area contributed by atoms with E-state index in [2.05, 4.69) is 9.44 Å². The molecule has 9 heteroatoms. The molecule has 1 aromatic carbocycles. The van der Waals surface area contributed by atoms with Crippen LogP contribution in [0.2, 0.25) is 0 Å². The number of aryl methyl sites for hydroxylation is 1. The smallest absolute Gasteiger partial charge is 0.271 e. The topological polar surface area (TPSA) is 118 Å². The van der Waals surface area contributed by atoms with Crippen molar-refractivity contribution in [2.24, 2.45) is 5.14 Å². The maximum atomic E-state index is 11.6. The molecule has 108 valence electrons. The van der Waals surface area contributed by atoms with Crippen LogP contribution in [0.15, 0.2) is 17.0 Å². The van der Waals surface area contributed by atoms with Gasteiger partial charge in [0.25, 0.3) is 10.2 Å². The number of hydrogen-bond donors (Lipinski definition) is 3. The molecule has 0 saturated heterocycles. The molecule has 4 N–H and O–H groups in total. The fraction of sp³-hybridized carbons (Fsp3) is 0.400. The number of benzene rings is 1. The van der Waals surface area contributed by atoms with Gasteiger partial charge >= 0.3 is 0 Å². The van der Waals surface area contributed by atoms with Crippen molar-refractivity contribution >= 4 is 25.9 Å². The second-order valence-electron chi connectivity index (χ2n) is 4.06. The molecule has 0 heterocycles. The van der Waals surface area contributed by atoms with E-state index < -0.39 is 20.2 Å². The molecule has 19 heavy (non-hydrogen) atoms. The van der Waals surface area contributed by atoms with Crippen LogP contribution in [0.1, 0.15) is 18.1 Å². The summed E-state index contributed by atoms with van der Waals surface area (Å²) in [6.45, 7) is 5.22. The van der Waals surface area contributed by atoms with Crippen LogP contribution in [-0.2, 0) is 20.2 Å². The zero-order valence-corrected chi connectivity index (χ0v) is 12.5. The van der Waals surface area contributed by atoms with E-state index in [0.29, 0.717) is 11.1 Å². The third kappa shape index (κ3) is 4.16. The molecule has 0 aliphatic rings. The molecule has 0 aromatic heterocycles. The number of primary sulfonamides is 1. The molecule has 0 unspecified atom stereocenters. The molecule has 1 rings (SSSR count). The van der Waals surface area contributed by atoms with E-state index in [1.54, 1.807) is 20.8 Å². The lowest BCUT2D eigenvalue weighted by atomic mass is 10.1. The van der Waals surface area contributed by atoms with E-state index in [0.717, 1.165) is 0 Å². The van der Waals surface area contributed by atoms with E-state index in [1.165, 1.54) is 12.1 Å². The van der Waals surface area contributed by atoms with Crippen LogP contribution < -0.4 is 14.6 Å². The molecular weight excluding hydrogens is 290 g/mol. The summed E-state index contributed by atoms with van der Waals surface area (Å²) in [7, 11) is -7.61. The summed E-state index contributed by atoms with van der Waals surface area (Å²) in [4.78, 5) is -0.134. The number of hydrogen-bond acceptors (Lipinski definition) is 4. The summed E-state index contributed by atoms with van der Waals surface area (Å²) < 4.78 is 50.4. The first-order valence-corrected chi connectivity index (χ1v) is 8.51. The molecule has 0 saturated carbocycles. The minimum atomic E-state index is -3.89. The van der Waals surface area contributed by atoms with Crippen molar-refractivity contribution in [3.8, 4) is 0 Å². The van der Waals surface area contributed by atoms with Gasteiger partial charge in [0, 0.05) is 6.54 Å². The second-order valence-corrected chi connectivity index (χ2v) is 7.12. The Morgan fingerprint density at radius 1 is 1.16 bits per heavy atom. The van der Waals surface area contributed by atoms with Crippen molar-refractivity contribution in [3.05, 3.63) is 23.3 Å². The lowest BCUT2D eigenvalue weighted by Crippen LogP contribution is -2.30. The number of nitrogens with two attached hydrogens (primary N) is 1. The van der Waals surface area contributed by atoms with Crippen LogP contribution in [0.4, 0.5) is 5.69 Å². The fourth-order valence-corrected chi connectivity index (χ4v) is 3.04. The van der Waals surface area contributed by atoms with Gasteiger partial charge in [-0.25, -0.2) is 13.6 Å². The first kappa shape index (κ1) is 15.9. The Labute approximate surface area is 113 Å². The van der Waals surface area contributed by atoms with Crippen LogP contribution in [0.3, 0.4) is 0 Å². The van der Waals surface area contributed by atoms with Gasteiger partial charge in [-0.3, -0.25) is 4.72 Å². The van der Waals surface area contributed by atoms with Crippen LogP contribution in [0, 0.1) is 13.8 Å². The third-order valence-corrected chi connectivity index (χ3v) is 4.60. The largest absolute Gasteiger partial charge is 0.299 e. The monoisotopic (exact) mass is 307 g/mol. The predicted molar refractivity (Wildman–Crippen MR) is 73.5 cm³/mol. The van der Waals surface area contributed by atoms with E-state index >= 15 is 0 Å². The van der Waals surface area contributed by atoms with E-state index in [4.69, 9.17) is 5.14 Å². The van der Waals surface area contributed by atoms with E-state index in [-0.39, 0.29) is 17.1 Å². The van der Waals surface area contributed by atoms with Crippen LogP contribution >= 0.6 is 0 Å². The highest BCUT2D eigenvalue weighted by atomic mass is 32.2. The van der Waals surface area contributed by atoms with Crippen LogP contribution in [0.25, 0.3) is 0 Å². The summed E-state index contributed by atoms with van der Waals surface area (Å²) in [5.74, 6) is 0. The van der Waals surface area contributed by atoms with Gasteiger partial charge in [-0.15, -0.1) is 0 Å². The van der Waals surface area contributed by atoms with Crippen molar-refractivity contribution in [3.63, 3.8) is 0 Å². The minimum absolute atomic E-state index is 0.134. The normalized spacial score (nSPS) is 12.4. The summed E-state index contributed by atoms with van der Waals surface area (Å²) in [5, 5.41) is 5.05. The molecule has 0 bridgehead atoms. The summed E-state index contributed by atoms with van der Waals surface area (Å²) >= 11 is 0. The van der Waals surface area contributed by atoms with Crippen LogP contribution in [-0.4, -0.2) is 23.4 Å². The number of anilines is 1. The fourth-order valence-electron chi connectivity index (χ4n) is 1.47. The zero-order chi connectivity index (χ0) is 14.8. The average Bonchev–Trinajstić information content (AvgIpc) is 2.22. The highest BCUT2D eigenvalue weighted by Gasteiger charge is 2.16. The Hall–Kier alpha value is -1.16. The first-order chi connectivity index (χ1) is 8.57. The standard InChI is InChI=1S/C10H17N3O4S2/c1-4-12-19(16,17)13-10-6-9(18(11,14)15)5-7(2)8(10)3/h5-6,12-13H,4H2,1-3H3,(H2,11,14,15). The van der Waals surface area contributed by atoms with Gasteiger partial charge in [-0.05, 0) is 37.1 Å². The molecule has 0 fully saturated rings. The lowest BCUT2D eigenvalue weighted by Gasteiger charge is -2.13. The zero-order valence-electron chi connectivity index (χ0n) is 10.9. The van der Waals surface area contributed by atoms with E-state index in [1.807, 2.05) is 0 Å². The molecule has 0 aliphatic carbocycles. The Kier molecular flexibility index (Phi) is 4.56. The summed E-state index contributed by atoms with van der Waals surface area (Å²) in [5.41, 5.74) is 1.44. The molecule has 1 aromatic rings. The molecule has 0 radical (unpaired) electrons. The number of rotatable bonds is 5. The van der Waals surface area contributed by atoms with Gasteiger partial charge in [0.2, 0.25) is 10.0 Å². The highest BCUT2D eigenvalue weighted by molar-refractivity contribution is 7.90. The van der Waals surface area contributed by atoms with Gasteiger partial charge in [-0.2, -0.15) is 13.1 Å². The van der Waals surface area contributed by atoms with Gasteiger partial charge in [0.05, 0.1) is 10.6 Å². The Bertz CT molecular complexity index is 681. The van der Waals surface area contributed by atoms with Crippen molar-refractivity contribution in [1.82, 2.24) is 4.72 Å². The van der Waals surface area contributed by atoms with Crippen molar-refractivity contribution in [2.75, 3.05) is 11.3 Å². The Morgan fingerprint density at radius 3 is 2.21 bits per heavy atom. The summed E-state index contributed by atoms with van der Waals surface area (Å²) in [6.07, 6.45) is 0. The maximum absolute atomic E-state index is 11.6. The Morgan fingerprint density at radius 2 is 1.74 bits per heavy atom. The average molecular weight is 307 g/mol. The van der Waals surface area contributed by atoms with Crippen molar-refractivity contribution in [1.29, 1.82) is 0 Å².